The van der Waals surface area contributed by atoms with Crippen LogP contribution in [0.4, 0.5) is 10.5 Å². The third-order valence-electron chi connectivity index (χ3n) is 9.94. The van der Waals surface area contributed by atoms with Gasteiger partial charge in [-0.1, -0.05) is 44.2 Å². The smallest absolute Gasteiger partial charge is 0.328 e. The van der Waals surface area contributed by atoms with Gasteiger partial charge >= 0.3 is 11.7 Å². The molecule has 270 valence electrons. The number of fused-ring (bicyclic) bond motifs is 3. The lowest BCUT2D eigenvalue weighted by Crippen LogP contribution is -2.49. The summed E-state index contributed by atoms with van der Waals surface area (Å²) in [7, 11) is 3.63. The molecule has 1 aliphatic rings. The van der Waals surface area contributed by atoms with E-state index in [2.05, 4.69) is 58.8 Å². The Kier molecular flexibility index (Phi) is 8.61. The van der Waals surface area contributed by atoms with Crippen LogP contribution in [0.5, 0.6) is 0 Å². The predicted octanol–water partition coefficient (Wildman–Crippen LogP) is 5.81. The number of hydrogen-bond acceptors (Lipinski definition) is 7. The van der Waals surface area contributed by atoms with Crippen molar-refractivity contribution in [2.75, 3.05) is 18.0 Å². The van der Waals surface area contributed by atoms with E-state index >= 15 is 0 Å². The van der Waals surface area contributed by atoms with Crippen LogP contribution in [0.15, 0.2) is 96.3 Å². The number of nitrogens with zero attached hydrogens (tertiary/aromatic N) is 7. The minimum Gasteiger partial charge on any atom is -0.347 e. The number of pyridine rings is 3. The summed E-state index contributed by atoms with van der Waals surface area (Å²) in [6, 6.07) is 19.3. The van der Waals surface area contributed by atoms with Crippen LogP contribution < -0.4 is 21.2 Å². The van der Waals surface area contributed by atoms with Crippen molar-refractivity contribution in [2.24, 2.45) is 14.1 Å². The van der Waals surface area contributed by atoms with Crippen LogP contribution in [-0.2, 0) is 18.9 Å². The number of nitrogens with one attached hydrogen (secondary N) is 2. The molecule has 2 aromatic carbocycles. The first kappa shape index (κ1) is 34.2. The van der Waals surface area contributed by atoms with E-state index in [9.17, 15) is 19.2 Å². The van der Waals surface area contributed by atoms with Crippen molar-refractivity contribution in [1.82, 2.24) is 39.3 Å². The molecule has 1 saturated heterocycles. The number of anilines is 1. The van der Waals surface area contributed by atoms with Gasteiger partial charge in [-0.15, -0.1) is 0 Å². The Morgan fingerprint density at radius 3 is 2.56 bits per heavy atom. The number of urea groups is 1. The highest BCUT2D eigenvalue weighted by atomic mass is 16.2. The summed E-state index contributed by atoms with van der Waals surface area (Å²) in [4.78, 5) is 60.4. The number of carbonyl (C=O) groups excluding carboxylic acids is 3. The molecule has 0 atom stereocenters. The lowest BCUT2D eigenvalue weighted by molar-refractivity contribution is -0.120. The maximum atomic E-state index is 12.9. The van der Waals surface area contributed by atoms with Gasteiger partial charge < -0.3 is 5.32 Å². The molecular formula is C41H37N9O4. The molecule has 4 amide bonds. The Bertz CT molecular complexity index is 2740. The number of carbonyl (C=O) groups is 3. The van der Waals surface area contributed by atoms with Crippen LogP contribution in [0, 0.1) is 0 Å². The Balaban J connectivity index is 0.959. The lowest BCUT2D eigenvalue weighted by atomic mass is 9.93. The van der Waals surface area contributed by atoms with Crippen molar-refractivity contribution in [1.29, 1.82) is 0 Å². The molecule has 0 bridgehead atoms. The van der Waals surface area contributed by atoms with Gasteiger partial charge in [0, 0.05) is 63.1 Å². The van der Waals surface area contributed by atoms with Crippen molar-refractivity contribution in [3.05, 3.63) is 119 Å². The van der Waals surface area contributed by atoms with Gasteiger partial charge in [0.1, 0.15) is 5.69 Å². The van der Waals surface area contributed by atoms with E-state index in [-0.39, 0.29) is 48.6 Å². The van der Waals surface area contributed by atoms with Gasteiger partial charge in [0.05, 0.1) is 34.1 Å². The zero-order chi connectivity index (χ0) is 37.7. The molecule has 5 aromatic heterocycles. The predicted molar refractivity (Wildman–Crippen MR) is 208 cm³/mol. The van der Waals surface area contributed by atoms with Crippen LogP contribution in [0.25, 0.3) is 55.8 Å². The topological polar surface area (TPSA) is 149 Å². The van der Waals surface area contributed by atoms with Crippen LogP contribution in [-0.4, -0.2) is 59.7 Å². The summed E-state index contributed by atoms with van der Waals surface area (Å²) < 4.78 is 5.09. The number of rotatable bonds is 8. The van der Waals surface area contributed by atoms with E-state index in [1.165, 1.54) is 4.90 Å². The summed E-state index contributed by atoms with van der Waals surface area (Å²) in [5.74, 6) is -0.383. The van der Waals surface area contributed by atoms with E-state index in [0.717, 1.165) is 60.8 Å². The molecule has 13 heteroatoms. The molecule has 2 N–H and O–H groups in total. The van der Waals surface area contributed by atoms with Gasteiger partial charge in [0.2, 0.25) is 5.91 Å². The molecule has 0 spiro atoms. The van der Waals surface area contributed by atoms with Gasteiger partial charge in [0.15, 0.2) is 0 Å². The number of amides is 4. The molecule has 0 radical (unpaired) electrons. The maximum Gasteiger partial charge on any atom is 0.328 e. The minimum absolute atomic E-state index is 0.0503. The summed E-state index contributed by atoms with van der Waals surface area (Å²) in [5, 5.41) is 11.5. The van der Waals surface area contributed by atoms with Crippen molar-refractivity contribution >= 4 is 56.9 Å². The molecule has 7 aromatic rings. The number of imidazole rings is 1. The fourth-order valence-electron chi connectivity index (χ4n) is 7.07. The highest BCUT2D eigenvalue weighted by molar-refractivity contribution is 6.07. The third-order valence-corrected chi connectivity index (χ3v) is 9.94. The molecular weight excluding hydrogens is 683 g/mol. The van der Waals surface area contributed by atoms with Crippen LogP contribution in [0.3, 0.4) is 0 Å². The van der Waals surface area contributed by atoms with Crippen molar-refractivity contribution < 1.29 is 14.4 Å². The van der Waals surface area contributed by atoms with Gasteiger partial charge in [-0.05, 0) is 76.0 Å². The third kappa shape index (κ3) is 6.08. The van der Waals surface area contributed by atoms with Crippen LogP contribution in [0.1, 0.15) is 47.8 Å². The number of imide groups is 1. The van der Waals surface area contributed by atoms with Crippen molar-refractivity contribution in [3.63, 3.8) is 0 Å². The van der Waals surface area contributed by atoms with E-state index in [1.807, 2.05) is 62.8 Å². The molecule has 0 unspecified atom stereocenters. The number of benzene rings is 2. The molecule has 54 heavy (non-hydrogen) atoms. The molecule has 1 fully saturated rings. The van der Waals surface area contributed by atoms with Crippen molar-refractivity contribution in [3.8, 4) is 22.4 Å². The van der Waals surface area contributed by atoms with Gasteiger partial charge in [0.25, 0.3) is 5.91 Å². The molecule has 1 aliphatic heterocycles. The summed E-state index contributed by atoms with van der Waals surface area (Å²) in [6.07, 6.45) is 10.8. The highest BCUT2D eigenvalue weighted by Gasteiger charge is 2.26. The molecule has 0 saturated carbocycles. The maximum absolute atomic E-state index is 12.9. The largest absolute Gasteiger partial charge is 0.347 e. The van der Waals surface area contributed by atoms with E-state index in [4.69, 9.17) is 4.98 Å². The second-order valence-corrected chi connectivity index (χ2v) is 13.7. The molecule has 8 rings (SSSR count). The van der Waals surface area contributed by atoms with Crippen LogP contribution >= 0.6 is 0 Å². The highest BCUT2D eigenvalue weighted by Crippen LogP contribution is 2.35. The lowest BCUT2D eigenvalue weighted by Gasteiger charge is -2.25. The van der Waals surface area contributed by atoms with Gasteiger partial charge in [-0.25, -0.2) is 14.1 Å². The molecule has 6 heterocycles. The molecule has 0 aliphatic carbocycles. The second-order valence-electron chi connectivity index (χ2n) is 13.7. The van der Waals surface area contributed by atoms with E-state index in [0.29, 0.717) is 5.69 Å². The van der Waals surface area contributed by atoms with E-state index < -0.39 is 6.03 Å². The summed E-state index contributed by atoms with van der Waals surface area (Å²) in [5.41, 5.74) is 8.95. The number of hydrogen-bond donors (Lipinski definition) is 2. The quantitative estimate of drug-likeness (QED) is 0.201. The van der Waals surface area contributed by atoms with Gasteiger partial charge in [-0.3, -0.25) is 38.9 Å². The normalized spacial score (nSPS) is 13.5. The fraction of sp³-hybridized carbons (Fsp3) is 0.195. The summed E-state index contributed by atoms with van der Waals surface area (Å²) in [6.45, 7) is 4.84. The standard InChI is InChI=1S/C41H37N9O4/c1-24(2)30-18-28(20-35-38(30)48(4)41(54)47(35)3)29-9-5-8-26-19-33(44-22-31(26)29)27-10-11-32(43-21-27)39(52)42-14-6-7-25-12-16-50-34(17-25)36(23-45-50)49-15-13-37(51)46-40(49)53/h5-12,16-24H,13-15H2,1-4H3,(H,42,52)(H,46,51,53)/b7-6+. The summed E-state index contributed by atoms with van der Waals surface area (Å²) >= 11 is 0. The second kappa shape index (κ2) is 13.6. The Morgan fingerprint density at radius 2 is 1.78 bits per heavy atom. The average molecular weight is 720 g/mol. The number of aromatic nitrogens is 6. The fourth-order valence-corrected chi connectivity index (χ4v) is 7.07. The first-order valence-corrected chi connectivity index (χ1v) is 17.7. The Hall–Kier alpha value is -6.89. The SMILES string of the molecule is CC(C)c1cc(-c2cccc3cc(-c4ccc(C(=O)NC/C=C/c5ccn6ncc(N7CCC(=O)NC7=O)c6c5)nc4)ncc23)cc2c1n(C)c(=O)n2C. The Labute approximate surface area is 309 Å². The zero-order valence-corrected chi connectivity index (χ0v) is 30.2. The zero-order valence-electron chi connectivity index (χ0n) is 30.2. The molecule has 13 nitrogen and oxygen atoms in total. The minimum atomic E-state index is -0.469. The van der Waals surface area contributed by atoms with Crippen molar-refractivity contribution in [2.45, 2.75) is 26.2 Å². The van der Waals surface area contributed by atoms with Gasteiger partial charge in [-0.2, -0.15) is 5.10 Å². The first-order valence-electron chi connectivity index (χ1n) is 17.7. The monoisotopic (exact) mass is 719 g/mol. The van der Waals surface area contributed by atoms with E-state index in [1.54, 1.807) is 38.3 Å². The average Bonchev–Trinajstić information content (AvgIpc) is 3.69. The number of aryl methyl sites for hydroxylation is 2. The first-order chi connectivity index (χ1) is 26.1. The Morgan fingerprint density at radius 1 is 0.926 bits per heavy atom. The van der Waals surface area contributed by atoms with Crippen LogP contribution in [0.2, 0.25) is 0 Å².